The van der Waals surface area contributed by atoms with Crippen LogP contribution in [0.2, 0.25) is 0 Å². The number of fused-ring (bicyclic) bond motifs is 1. The number of nitrogens with one attached hydrogen (secondary N) is 2. The second-order valence-corrected chi connectivity index (χ2v) is 13.8. The summed E-state index contributed by atoms with van der Waals surface area (Å²) in [4.78, 5) is 36.9. The van der Waals surface area contributed by atoms with Gasteiger partial charge in [0.2, 0.25) is 0 Å². The van der Waals surface area contributed by atoms with Gasteiger partial charge in [-0.05, 0) is 93.8 Å². The number of hydrogen-bond acceptors (Lipinski definition) is 8. The summed E-state index contributed by atoms with van der Waals surface area (Å²) in [6.45, 7) is 10.1. The first-order chi connectivity index (χ1) is 24.8. The minimum absolute atomic E-state index is 0.0490. The first kappa shape index (κ1) is 39.8. The molecule has 2 atom stereocenters. The number of phenolic OH excluding ortho intramolecular Hbond substituents is 1. The van der Waals surface area contributed by atoms with Gasteiger partial charge in [0, 0.05) is 36.2 Å². The summed E-state index contributed by atoms with van der Waals surface area (Å²) in [5, 5.41) is 25.6. The van der Waals surface area contributed by atoms with Crippen LogP contribution in [0.3, 0.4) is 0 Å². The van der Waals surface area contributed by atoms with E-state index in [0.717, 1.165) is 23.1 Å². The molecule has 11 nitrogen and oxygen atoms in total. The lowest BCUT2D eigenvalue weighted by atomic mass is 9.96. The van der Waals surface area contributed by atoms with Crippen molar-refractivity contribution in [3.8, 4) is 34.1 Å². The van der Waals surface area contributed by atoms with Crippen molar-refractivity contribution in [3.63, 3.8) is 0 Å². The molecule has 0 aliphatic carbocycles. The molecule has 0 radical (unpaired) electrons. The highest BCUT2D eigenvalue weighted by Crippen LogP contribution is 2.39. The molecule has 2 unspecified atom stereocenters. The van der Waals surface area contributed by atoms with Gasteiger partial charge in [0.1, 0.15) is 34.4 Å². The first-order valence-electron chi connectivity index (χ1n) is 18.0. The number of amides is 2. The van der Waals surface area contributed by atoms with Crippen LogP contribution in [0.15, 0.2) is 48.5 Å². The summed E-state index contributed by atoms with van der Waals surface area (Å²) in [7, 11) is 0. The van der Waals surface area contributed by atoms with Gasteiger partial charge in [-0.3, -0.25) is 9.59 Å². The number of benzene rings is 3. The van der Waals surface area contributed by atoms with E-state index in [1.54, 1.807) is 39.0 Å². The van der Waals surface area contributed by atoms with Crippen LogP contribution in [-0.2, 0) is 33.6 Å². The number of phenols is 1. The normalized spacial score (nSPS) is 14.4. The third-order valence-corrected chi connectivity index (χ3v) is 8.47. The quantitative estimate of drug-likeness (QED) is 0.107. The molecule has 0 saturated carbocycles. The third kappa shape index (κ3) is 11.5. The molecule has 0 bridgehead atoms. The molecular formula is C40H51FN2O9. The van der Waals surface area contributed by atoms with Crippen LogP contribution >= 0.6 is 0 Å². The van der Waals surface area contributed by atoms with E-state index in [-0.39, 0.29) is 31.0 Å². The number of aliphatic carboxylic acids is 1. The molecule has 1 aliphatic heterocycles. The topological polar surface area (TPSA) is 153 Å². The molecule has 282 valence electrons. The monoisotopic (exact) mass is 722 g/mol. The smallest absolute Gasteiger partial charge is 0.407 e. The molecule has 0 spiro atoms. The lowest BCUT2D eigenvalue weighted by Crippen LogP contribution is -2.47. The fraction of sp³-hybridized carbons (Fsp3) is 0.475. The maximum absolute atomic E-state index is 13.4. The zero-order chi connectivity index (χ0) is 37.8. The maximum atomic E-state index is 13.4. The summed E-state index contributed by atoms with van der Waals surface area (Å²) in [5.41, 5.74) is 3.42. The summed E-state index contributed by atoms with van der Waals surface area (Å²) in [6.07, 6.45) is 2.22. The number of carbonyl (C=O) groups excluding carboxylic acids is 2. The molecule has 4 rings (SSSR count). The van der Waals surface area contributed by atoms with Crippen LogP contribution in [-0.4, -0.2) is 65.7 Å². The van der Waals surface area contributed by atoms with E-state index in [0.29, 0.717) is 73.7 Å². The second kappa shape index (κ2) is 18.5. The van der Waals surface area contributed by atoms with E-state index >= 15 is 0 Å². The highest BCUT2D eigenvalue weighted by molar-refractivity contribution is 5.82. The molecule has 0 aromatic heterocycles. The van der Waals surface area contributed by atoms with Gasteiger partial charge in [-0.25, -0.2) is 9.18 Å². The summed E-state index contributed by atoms with van der Waals surface area (Å²) in [6, 6.07) is 12.6. The Morgan fingerprint density at radius 1 is 1.02 bits per heavy atom. The van der Waals surface area contributed by atoms with Gasteiger partial charge in [0.05, 0.1) is 19.6 Å². The van der Waals surface area contributed by atoms with Crippen molar-refractivity contribution in [2.45, 2.75) is 104 Å². The van der Waals surface area contributed by atoms with Crippen molar-refractivity contribution in [2.24, 2.45) is 0 Å². The molecule has 3 aromatic rings. The SMILES string of the molecule is CCCc1c(OCCCOc2cc(O)c(-c3ccc(F)cc3)cc2CC)ccc2c1OC(C(=O)NC(CCNC(=O)OC(C)(C)C)CC(=O)O)CC2. The Bertz CT molecular complexity index is 1690. The Morgan fingerprint density at radius 3 is 2.38 bits per heavy atom. The molecule has 3 aromatic carbocycles. The van der Waals surface area contributed by atoms with Gasteiger partial charge in [-0.15, -0.1) is 0 Å². The fourth-order valence-corrected chi connectivity index (χ4v) is 6.00. The number of aryl methyl sites for hydroxylation is 2. The predicted molar refractivity (Wildman–Crippen MR) is 195 cm³/mol. The minimum atomic E-state index is -1.07. The van der Waals surface area contributed by atoms with E-state index in [9.17, 15) is 29.0 Å². The van der Waals surface area contributed by atoms with Crippen LogP contribution in [0.1, 0.15) is 83.4 Å². The molecule has 2 amide bonds. The standard InChI is InChI=1S/C40H51FN2O9/c1-6-9-30-33(49-20-8-21-50-35-24-32(44)31(22-25(35)7-2)26-10-14-28(41)15-11-26)16-12-27-13-17-34(51-37(27)30)38(47)43-29(23-36(45)46)18-19-42-39(48)52-40(3,4)5/h10-12,14-16,22,24,29,34,44H,6-9,13,17-21,23H2,1-5H3,(H,42,48)(H,43,47)(H,45,46). The van der Waals surface area contributed by atoms with Gasteiger partial charge in [0.25, 0.3) is 5.91 Å². The van der Waals surface area contributed by atoms with Crippen LogP contribution in [0.5, 0.6) is 23.0 Å². The van der Waals surface area contributed by atoms with Crippen molar-refractivity contribution in [1.82, 2.24) is 10.6 Å². The zero-order valence-electron chi connectivity index (χ0n) is 30.7. The van der Waals surface area contributed by atoms with E-state index in [1.807, 2.05) is 32.0 Å². The van der Waals surface area contributed by atoms with E-state index in [4.69, 9.17) is 18.9 Å². The average Bonchev–Trinajstić information content (AvgIpc) is 3.08. The van der Waals surface area contributed by atoms with Crippen LogP contribution < -0.4 is 24.8 Å². The second-order valence-electron chi connectivity index (χ2n) is 13.8. The van der Waals surface area contributed by atoms with Gasteiger partial charge >= 0.3 is 12.1 Å². The highest BCUT2D eigenvalue weighted by Gasteiger charge is 2.31. The number of ether oxygens (including phenoxy) is 4. The Hall–Kier alpha value is -5.00. The summed E-state index contributed by atoms with van der Waals surface area (Å²) >= 11 is 0. The summed E-state index contributed by atoms with van der Waals surface area (Å²) < 4.78 is 37.2. The number of alkyl carbamates (subject to hydrolysis) is 1. The lowest BCUT2D eigenvalue weighted by Gasteiger charge is -2.29. The number of halogens is 1. The molecule has 0 fully saturated rings. The van der Waals surface area contributed by atoms with Crippen LogP contribution in [0.4, 0.5) is 9.18 Å². The Morgan fingerprint density at radius 2 is 1.73 bits per heavy atom. The first-order valence-corrected chi connectivity index (χ1v) is 18.0. The van der Waals surface area contributed by atoms with Crippen molar-refractivity contribution >= 4 is 18.0 Å². The number of hydrogen-bond donors (Lipinski definition) is 4. The third-order valence-electron chi connectivity index (χ3n) is 8.47. The van der Waals surface area contributed by atoms with E-state index in [2.05, 4.69) is 10.6 Å². The number of aromatic hydroxyl groups is 1. The lowest BCUT2D eigenvalue weighted by molar-refractivity contribution is -0.138. The van der Waals surface area contributed by atoms with Gasteiger partial charge in [-0.1, -0.05) is 38.5 Å². The number of carbonyl (C=O) groups is 3. The largest absolute Gasteiger partial charge is 0.507 e. The number of carboxylic acids is 1. The molecule has 4 N–H and O–H groups in total. The number of rotatable bonds is 17. The molecule has 52 heavy (non-hydrogen) atoms. The molecule has 0 saturated heterocycles. The fourth-order valence-electron chi connectivity index (χ4n) is 6.00. The summed E-state index contributed by atoms with van der Waals surface area (Å²) in [5.74, 6) is 0.0790. The van der Waals surface area contributed by atoms with Crippen molar-refractivity contribution < 1.29 is 47.9 Å². The predicted octanol–water partition coefficient (Wildman–Crippen LogP) is 7.13. The van der Waals surface area contributed by atoms with Gasteiger partial charge in [-0.2, -0.15) is 0 Å². The zero-order valence-corrected chi connectivity index (χ0v) is 30.7. The van der Waals surface area contributed by atoms with E-state index < -0.39 is 35.7 Å². The van der Waals surface area contributed by atoms with Gasteiger partial charge < -0.3 is 39.8 Å². The average molecular weight is 723 g/mol. The van der Waals surface area contributed by atoms with Crippen LogP contribution in [0.25, 0.3) is 11.1 Å². The highest BCUT2D eigenvalue weighted by atomic mass is 19.1. The van der Waals surface area contributed by atoms with E-state index in [1.165, 1.54) is 12.1 Å². The minimum Gasteiger partial charge on any atom is -0.507 e. The molecule has 12 heteroatoms. The molecular weight excluding hydrogens is 671 g/mol. The van der Waals surface area contributed by atoms with Crippen molar-refractivity contribution in [1.29, 1.82) is 0 Å². The molecule has 1 heterocycles. The van der Waals surface area contributed by atoms with Crippen LogP contribution in [0, 0.1) is 5.82 Å². The van der Waals surface area contributed by atoms with Crippen molar-refractivity contribution in [2.75, 3.05) is 19.8 Å². The molecule has 1 aliphatic rings. The Kier molecular flexibility index (Phi) is 14.1. The number of carboxylic acid groups (broad SMARTS) is 1. The Balaban J connectivity index is 1.34. The maximum Gasteiger partial charge on any atom is 0.407 e. The van der Waals surface area contributed by atoms with Gasteiger partial charge in [0.15, 0.2) is 6.10 Å². The van der Waals surface area contributed by atoms with Crippen molar-refractivity contribution in [3.05, 3.63) is 71.0 Å². The Labute approximate surface area is 304 Å².